The van der Waals surface area contributed by atoms with Gasteiger partial charge in [-0.15, -0.1) is 11.3 Å². The van der Waals surface area contributed by atoms with Crippen LogP contribution in [0.5, 0.6) is 0 Å². The third-order valence-electron chi connectivity index (χ3n) is 6.40. The topological polar surface area (TPSA) is 120 Å². The monoisotopic (exact) mass is 553 g/mol. The first-order chi connectivity index (χ1) is 17.1. The summed E-state index contributed by atoms with van der Waals surface area (Å²) in [4.78, 5) is 47.4. The van der Waals surface area contributed by atoms with E-state index in [1.807, 2.05) is 4.90 Å². The van der Waals surface area contributed by atoms with Crippen LogP contribution < -0.4 is 5.32 Å². The maximum Gasteiger partial charge on any atom is 0.257 e. The van der Waals surface area contributed by atoms with Crippen molar-refractivity contribution < 1.29 is 22.8 Å². The highest BCUT2D eigenvalue weighted by Gasteiger charge is 2.33. The zero-order valence-corrected chi connectivity index (χ0v) is 22.2. The minimum absolute atomic E-state index is 0.0580. The van der Waals surface area contributed by atoms with Crippen LogP contribution in [0.2, 0.25) is 5.02 Å². The lowest BCUT2D eigenvalue weighted by atomic mass is 10.2. The molecule has 1 unspecified atom stereocenters. The molecule has 0 bridgehead atoms. The Bertz CT molecular complexity index is 1230. The number of carbonyl (C=O) groups excluding carboxylic acids is 3. The molecule has 2 aromatic rings. The van der Waals surface area contributed by atoms with Crippen molar-refractivity contribution in [2.45, 2.75) is 18.1 Å². The van der Waals surface area contributed by atoms with Gasteiger partial charge in [-0.05, 0) is 30.7 Å². The lowest BCUT2D eigenvalue weighted by Gasteiger charge is -2.35. The normalized spacial score (nSPS) is 18.9. The zero-order chi connectivity index (χ0) is 25.9. The van der Waals surface area contributed by atoms with Gasteiger partial charge in [0.2, 0.25) is 11.8 Å². The first-order valence-corrected chi connectivity index (χ1v) is 14.8. The molecule has 2 fully saturated rings. The zero-order valence-electron chi connectivity index (χ0n) is 19.9. The van der Waals surface area contributed by atoms with E-state index in [9.17, 15) is 22.8 Å². The van der Waals surface area contributed by atoms with E-state index in [2.05, 4.69) is 10.3 Å². The number of benzene rings is 1. The molecule has 36 heavy (non-hydrogen) atoms. The van der Waals surface area contributed by atoms with Crippen LogP contribution in [-0.4, -0.2) is 103 Å². The Morgan fingerprint density at radius 3 is 2.39 bits per heavy atom. The second kappa shape index (κ2) is 11.2. The summed E-state index contributed by atoms with van der Waals surface area (Å²) in [5.74, 6) is -0.431. The number of amides is 3. The maximum atomic E-state index is 12.8. The third-order valence-corrected chi connectivity index (χ3v) is 9.05. The van der Waals surface area contributed by atoms with E-state index in [4.69, 9.17) is 11.6 Å². The Kier molecular flexibility index (Phi) is 8.28. The van der Waals surface area contributed by atoms with Gasteiger partial charge >= 0.3 is 0 Å². The molecule has 194 valence electrons. The molecule has 3 amide bonds. The number of aromatic nitrogens is 1. The number of rotatable bonds is 7. The first kappa shape index (κ1) is 26.5. The molecular formula is C23H28ClN5O5S2. The highest BCUT2D eigenvalue weighted by molar-refractivity contribution is 7.91. The molecule has 1 aromatic carbocycles. The Morgan fingerprint density at radius 2 is 1.75 bits per heavy atom. The molecule has 4 rings (SSSR count). The van der Waals surface area contributed by atoms with Crippen LogP contribution in [0, 0.1) is 0 Å². The quantitative estimate of drug-likeness (QED) is 0.550. The molecule has 3 heterocycles. The SMILES string of the molecule is CS(=O)(=O)C1CCN(C(=O)CN2CCN(C(=O)Cc3csc(NC(=O)c4ccc(Cl)cc4)n3)CC2)C1. The van der Waals surface area contributed by atoms with Gasteiger partial charge in [0.15, 0.2) is 15.0 Å². The summed E-state index contributed by atoms with van der Waals surface area (Å²) in [5.41, 5.74) is 1.05. The summed E-state index contributed by atoms with van der Waals surface area (Å²) in [6.07, 6.45) is 1.83. The Hall–Kier alpha value is -2.54. The van der Waals surface area contributed by atoms with E-state index >= 15 is 0 Å². The van der Waals surface area contributed by atoms with Crippen LogP contribution in [0.4, 0.5) is 5.13 Å². The van der Waals surface area contributed by atoms with Crippen LogP contribution in [0.1, 0.15) is 22.5 Å². The first-order valence-electron chi connectivity index (χ1n) is 11.6. The van der Waals surface area contributed by atoms with Gasteiger partial charge in [-0.2, -0.15) is 0 Å². The lowest BCUT2D eigenvalue weighted by molar-refractivity contribution is -0.134. The number of nitrogens with one attached hydrogen (secondary N) is 1. The predicted molar refractivity (Wildman–Crippen MR) is 138 cm³/mol. The van der Waals surface area contributed by atoms with E-state index in [1.54, 1.807) is 39.4 Å². The van der Waals surface area contributed by atoms with Gasteiger partial charge < -0.3 is 9.80 Å². The summed E-state index contributed by atoms with van der Waals surface area (Å²) >= 11 is 7.11. The van der Waals surface area contributed by atoms with Gasteiger partial charge in [0.1, 0.15) is 0 Å². The number of thiazole rings is 1. The highest BCUT2D eigenvalue weighted by atomic mass is 35.5. The van der Waals surface area contributed by atoms with Crippen molar-refractivity contribution in [1.29, 1.82) is 0 Å². The number of anilines is 1. The van der Waals surface area contributed by atoms with E-state index in [1.165, 1.54) is 17.6 Å². The second-order valence-electron chi connectivity index (χ2n) is 9.02. The third kappa shape index (κ3) is 6.81. The van der Waals surface area contributed by atoms with Crippen molar-refractivity contribution in [3.63, 3.8) is 0 Å². The van der Waals surface area contributed by atoms with E-state index in [0.29, 0.717) is 60.6 Å². The summed E-state index contributed by atoms with van der Waals surface area (Å²) < 4.78 is 23.5. The Labute approximate surface area is 219 Å². The van der Waals surface area contributed by atoms with Crippen molar-refractivity contribution in [2.75, 3.05) is 57.4 Å². The molecule has 1 aromatic heterocycles. The molecule has 13 heteroatoms. The molecule has 2 saturated heterocycles. The summed E-state index contributed by atoms with van der Waals surface area (Å²) in [6.45, 7) is 3.09. The molecule has 0 radical (unpaired) electrons. The number of piperazine rings is 1. The number of hydrogen-bond acceptors (Lipinski definition) is 8. The molecule has 0 saturated carbocycles. The smallest absolute Gasteiger partial charge is 0.257 e. The van der Waals surface area contributed by atoms with Crippen molar-refractivity contribution >= 4 is 55.6 Å². The fourth-order valence-corrected chi connectivity index (χ4v) is 6.05. The van der Waals surface area contributed by atoms with Gasteiger partial charge in [0.25, 0.3) is 5.91 Å². The molecule has 1 N–H and O–H groups in total. The summed E-state index contributed by atoms with van der Waals surface area (Å²) in [5, 5.41) is 4.97. The standard InChI is InChI=1S/C23H28ClN5O5S2/c1-36(33,34)19-6-7-29(13-19)21(31)14-27-8-10-28(11-9-27)20(30)12-18-15-35-23(25-18)26-22(32)16-2-4-17(24)5-3-16/h2-5,15,19H,6-14H2,1H3,(H,25,26,32). The molecule has 0 spiro atoms. The fraction of sp³-hybridized carbons (Fsp3) is 0.478. The van der Waals surface area contributed by atoms with Crippen molar-refractivity contribution in [1.82, 2.24) is 19.7 Å². The van der Waals surface area contributed by atoms with E-state index in [0.717, 1.165) is 0 Å². The van der Waals surface area contributed by atoms with Gasteiger partial charge in [0, 0.05) is 61.5 Å². The van der Waals surface area contributed by atoms with Crippen molar-refractivity contribution in [2.24, 2.45) is 0 Å². The molecule has 2 aliphatic rings. The summed E-state index contributed by atoms with van der Waals surface area (Å²) in [6, 6.07) is 6.53. The van der Waals surface area contributed by atoms with Gasteiger partial charge in [0.05, 0.1) is 23.9 Å². The molecule has 2 aliphatic heterocycles. The highest BCUT2D eigenvalue weighted by Crippen LogP contribution is 2.19. The van der Waals surface area contributed by atoms with Crippen LogP contribution in [0.25, 0.3) is 0 Å². The average Bonchev–Trinajstić information content (AvgIpc) is 3.50. The number of carbonyl (C=O) groups is 3. The minimum Gasteiger partial charge on any atom is -0.340 e. The number of halogens is 1. The minimum atomic E-state index is -3.14. The maximum absolute atomic E-state index is 12.8. The average molecular weight is 554 g/mol. The summed E-state index contributed by atoms with van der Waals surface area (Å²) in [7, 11) is -3.14. The fourth-order valence-electron chi connectivity index (χ4n) is 4.23. The van der Waals surface area contributed by atoms with Crippen molar-refractivity contribution in [3.8, 4) is 0 Å². The Morgan fingerprint density at radius 1 is 1.06 bits per heavy atom. The van der Waals surface area contributed by atoms with Crippen LogP contribution in [0.15, 0.2) is 29.6 Å². The number of nitrogens with zero attached hydrogens (tertiary/aromatic N) is 4. The molecule has 10 nitrogen and oxygen atoms in total. The van der Waals surface area contributed by atoms with Crippen LogP contribution >= 0.6 is 22.9 Å². The second-order valence-corrected chi connectivity index (χ2v) is 12.6. The largest absolute Gasteiger partial charge is 0.340 e. The predicted octanol–water partition coefficient (Wildman–Crippen LogP) is 1.38. The molecule has 1 atom stereocenters. The molecular weight excluding hydrogens is 526 g/mol. The van der Waals surface area contributed by atoms with Gasteiger partial charge in [-0.1, -0.05) is 11.6 Å². The molecule has 0 aliphatic carbocycles. The van der Waals surface area contributed by atoms with Crippen molar-refractivity contribution in [3.05, 3.63) is 45.9 Å². The number of likely N-dealkylation sites (tertiary alicyclic amines) is 1. The number of hydrogen-bond donors (Lipinski definition) is 1. The van der Waals surface area contributed by atoms with Crippen LogP contribution in [0.3, 0.4) is 0 Å². The van der Waals surface area contributed by atoms with Gasteiger partial charge in [-0.3, -0.25) is 24.6 Å². The van der Waals surface area contributed by atoms with Gasteiger partial charge in [-0.25, -0.2) is 13.4 Å². The van der Waals surface area contributed by atoms with E-state index in [-0.39, 0.29) is 37.2 Å². The van der Waals surface area contributed by atoms with E-state index < -0.39 is 15.1 Å². The lowest BCUT2D eigenvalue weighted by Crippen LogP contribution is -2.51. The Balaban J connectivity index is 1.21. The van der Waals surface area contributed by atoms with Crippen LogP contribution in [-0.2, 0) is 25.8 Å². The number of sulfone groups is 1.